The minimum absolute atomic E-state index is 0.00807. The van der Waals surface area contributed by atoms with E-state index in [0.717, 1.165) is 17.9 Å². The second-order valence-corrected chi connectivity index (χ2v) is 6.73. The van der Waals surface area contributed by atoms with Crippen LogP contribution in [0.5, 0.6) is 0 Å². The highest BCUT2D eigenvalue weighted by Crippen LogP contribution is 2.37. The fourth-order valence-corrected chi connectivity index (χ4v) is 3.88. The van der Waals surface area contributed by atoms with Gasteiger partial charge in [0.25, 0.3) is 0 Å². The maximum atomic E-state index is 12.3. The summed E-state index contributed by atoms with van der Waals surface area (Å²) in [5, 5.41) is 3.20. The Hall–Kier alpha value is -1.13. The average molecular weight is 314 g/mol. The van der Waals surface area contributed by atoms with Crippen LogP contribution in [0.2, 0.25) is 0 Å². The molecule has 0 amide bonds. The van der Waals surface area contributed by atoms with Crippen molar-refractivity contribution in [3.05, 3.63) is 18.2 Å². The average Bonchev–Trinajstić information content (AvgIpc) is 2.94. The molecule has 3 rings (SSSR count). The van der Waals surface area contributed by atoms with E-state index in [1.807, 2.05) is 0 Å². The van der Waals surface area contributed by atoms with E-state index in [1.54, 1.807) is 12.1 Å². The van der Waals surface area contributed by atoms with Crippen LogP contribution in [0.3, 0.4) is 0 Å². The molecule has 2 N–H and O–H groups in total. The standard InChI is InChI=1S/C11H14N4O3S2/c16-20(17,13-6-8-7-18-5-4-12-8)10-3-1-2-9-11(10)15-19-14-9/h1-3,8,12-13H,4-7H2. The second kappa shape index (κ2) is 5.70. The van der Waals surface area contributed by atoms with Crippen LogP contribution in [0.25, 0.3) is 0 Å². The van der Waals surface area contributed by atoms with Gasteiger partial charge in [-0.1, -0.05) is 6.07 Å². The third kappa shape index (κ3) is 2.81. The molecular weight excluding hydrogens is 300 g/mol. The van der Waals surface area contributed by atoms with Crippen molar-refractivity contribution in [2.45, 2.75) is 10.9 Å². The van der Waals surface area contributed by atoms with Crippen LogP contribution in [0.4, 0.5) is 11.4 Å². The second-order valence-electron chi connectivity index (χ2n) is 4.47. The quantitative estimate of drug-likeness (QED) is 0.868. The van der Waals surface area contributed by atoms with Gasteiger partial charge in [-0.25, -0.2) is 13.1 Å². The fourth-order valence-electron chi connectivity index (χ4n) is 2.04. The molecule has 0 radical (unpaired) electrons. The van der Waals surface area contributed by atoms with Crippen LogP contribution >= 0.6 is 0 Å². The molecule has 2 heterocycles. The summed E-state index contributed by atoms with van der Waals surface area (Å²) < 4.78 is 40.7. The van der Waals surface area contributed by atoms with E-state index in [2.05, 4.69) is 18.8 Å². The van der Waals surface area contributed by atoms with Gasteiger partial charge in [-0.05, 0) is 12.1 Å². The number of nitrogens with zero attached hydrogens (tertiary/aromatic N) is 2. The van der Waals surface area contributed by atoms with Crippen LogP contribution in [-0.4, -0.2) is 40.8 Å². The number of fused-ring (bicyclic) bond motifs is 1. The van der Waals surface area contributed by atoms with Crippen molar-refractivity contribution < 1.29 is 13.2 Å². The maximum Gasteiger partial charge on any atom is 0.242 e. The molecule has 2 aliphatic heterocycles. The van der Waals surface area contributed by atoms with E-state index >= 15 is 0 Å². The van der Waals surface area contributed by atoms with Gasteiger partial charge in [0.2, 0.25) is 10.0 Å². The maximum absolute atomic E-state index is 12.3. The van der Waals surface area contributed by atoms with E-state index in [9.17, 15) is 8.42 Å². The minimum Gasteiger partial charge on any atom is -0.378 e. The lowest BCUT2D eigenvalue weighted by Crippen LogP contribution is -2.48. The lowest BCUT2D eigenvalue weighted by Gasteiger charge is -2.23. The van der Waals surface area contributed by atoms with Gasteiger partial charge in [-0.15, -0.1) is 0 Å². The van der Waals surface area contributed by atoms with Crippen molar-refractivity contribution in [3.8, 4) is 0 Å². The minimum atomic E-state index is -3.60. The topological polar surface area (TPSA) is 92.2 Å². The molecular formula is C11H14N4O3S2. The summed E-state index contributed by atoms with van der Waals surface area (Å²) in [5.74, 6) is 0. The molecule has 1 aromatic carbocycles. The first-order valence-electron chi connectivity index (χ1n) is 6.19. The Labute approximate surface area is 120 Å². The number of rotatable bonds is 4. The molecule has 0 saturated carbocycles. The highest BCUT2D eigenvalue weighted by molar-refractivity contribution is 7.89. The molecule has 1 unspecified atom stereocenters. The van der Waals surface area contributed by atoms with Gasteiger partial charge in [0.15, 0.2) is 0 Å². The molecule has 1 aromatic rings. The Balaban J connectivity index is 1.75. The predicted molar refractivity (Wildman–Crippen MR) is 75.8 cm³/mol. The predicted octanol–water partition coefficient (Wildman–Crippen LogP) is 0.680. The third-order valence-electron chi connectivity index (χ3n) is 3.06. The summed E-state index contributed by atoms with van der Waals surface area (Å²) in [6.45, 7) is 2.19. The van der Waals surface area contributed by atoms with Crippen LogP contribution in [0.15, 0.2) is 31.8 Å². The third-order valence-corrected chi connectivity index (χ3v) is 5.05. The van der Waals surface area contributed by atoms with Gasteiger partial charge >= 0.3 is 0 Å². The number of benzene rings is 1. The Morgan fingerprint density at radius 2 is 2.35 bits per heavy atom. The number of morpholine rings is 1. The summed E-state index contributed by atoms with van der Waals surface area (Å²) in [7, 11) is -3.60. The first kappa shape index (κ1) is 13.8. The molecule has 7 nitrogen and oxygen atoms in total. The number of hydrogen-bond donors (Lipinski definition) is 2. The summed E-state index contributed by atoms with van der Waals surface area (Å²) in [6.07, 6.45) is 0. The summed E-state index contributed by atoms with van der Waals surface area (Å²) in [6, 6.07) is 4.94. The lowest BCUT2D eigenvalue weighted by molar-refractivity contribution is 0.0784. The van der Waals surface area contributed by atoms with Gasteiger partial charge in [-0.3, -0.25) is 0 Å². The monoisotopic (exact) mass is 314 g/mol. The molecule has 1 saturated heterocycles. The van der Waals surface area contributed by atoms with E-state index in [1.165, 1.54) is 6.07 Å². The molecule has 9 heteroatoms. The van der Waals surface area contributed by atoms with Gasteiger partial charge in [-0.2, -0.15) is 8.73 Å². The van der Waals surface area contributed by atoms with Crippen molar-refractivity contribution in [2.24, 2.45) is 8.73 Å². The van der Waals surface area contributed by atoms with Crippen molar-refractivity contribution in [3.63, 3.8) is 0 Å². The molecule has 1 fully saturated rings. The number of nitrogens with one attached hydrogen (secondary N) is 2. The number of hydrogen-bond acceptors (Lipinski definition) is 6. The van der Waals surface area contributed by atoms with E-state index in [0.29, 0.717) is 24.6 Å². The molecule has 20 heavy (non-hydrogen) atoms. The Kier molecular flexibility index (Phi) is 3.94. The van der Waals surface area contributed by atoms with Crippen molar-refractivity contribution in [2.75, 3.05) is 26.3 Å². The van der Waals surface area contributed by atoms with Gasteiger partial charge < -0.3 is 10.1 Å². The van der Waals surface area contributed by atoms with Gasteiger partial charge in [0, 0.05) is 19.1 Å². The zero-order chi connectivity index (χ0) is 14.0. The van der Waals surface area contributed by atoms with E-state index in [4.69, 9.17) is 4.74 Å². The highest BCUT2D eigenvalue weighted by Gasteiger charge is 2.23. The Morgan fingerprint density at radius 1 is 1.45 bits per heavy atom. The number of sulfonamides is 1. The molecule has 0 aliphatic carbocycles. The summed E-state index contributed by atoms with van der Waals surface area (Å²) in [4.78, 5) is 0.167. The smallest absolute Gasteiger partial charge is 0.242 e. The Bertz CT molecular complexity index is 677. The molecule has 0 aromatic heterocycles. The van der Waals surface area contributed by atoms with Crippen LogP contribution in [0.1, 0.15) is 0 Å². The zero-order valence-corrected chi connectivity index (χ0v) is 12.2. The first-order valence-corrected chi connectivity index (χ1v) is 8.40. The Morgan fingerprint density at radius 3 is 3.15 bits per heavy atom. The van der Waals surface area contributed by atoms with Crippen LogP contribution < -0.4 is 10.0 Å². The molecule has 2 aliphatic rings. The molecule has 1 atom stereocenters. The molecule has 108 valence electrons. The van der Waals surface area contributed by atoms with Crippen molar-refractivity contribution >= 4 is 32.8 Å². The van der Waals surface area contributed by atoms with Crippen LogP contribution in [0, 0.1) is 0 Å². The summed E-state index contributed by atoms with van der Waals surface area (Å²) >= 11 is 1.00. The van der Waals surface area contributed by atoms with E-state index in [-0.39, 0.29) is 17.5 Å². The van der Waals surface area contributed by atoms with Crippen LogP contribution in [-0.2, 0) is 26.1 Å². The zero-order valence-electron chi connectivity index (χ0n) is 10.6. The lowest BCUT2D eigenvalue weighted by atomic mass is 10.3. The van der Waals surface area contributed by atoms with Gasteiger partial charge in [0.05, 0.1) is 24.6 Å². The highest BCUT2D eigenvalue weighted by atomic mass is 32.2. The van der Waals surface area contributed by atoms with E-state index < -0.39 is 10.0 Å². The first-order chi connectivity index (χ1) is 9.67. The molecule has 0 bridgehead atoms. The fraction of sp³-hybridized carbons (Fsp3) is 0.455. The van der Waals surface area contributed by atoms with Crippen molar-refractivity contribution in [1.29, 1.82) is 0 Å². The normalized spacial score (nSPS) is 21.5. The summed E-state index contributed by atoms with van der Waals surface area (Å²) in [5.41, 5.74) is 1.01. The SMILES string of the molecule is O=S(=O)(NCC1COCCN1)c1cccc2c1N=S=N2. The van der Waals surface area contributed by atoms with Crippen molar-refractivity contribution in [1.82, 2.24) is 10.0 Å². The largest absolute Gasteiger partial charge is 0.378 e. The number of ether oxygens (including phenoxy) is 1. The van der Waals surface area contributed by atoms with Gasteiger partial charge in [0.1, 0.15) is 16.3 Å². The molecule has 0 spiro atoms.